The smallest absolute Gasteiger partial charge is 0.360 e. The Morgan fingerprint density at radius 3 is 2.59 bits per heavy atom. The monoisotopic (exact) mass is 417 g/mol. The number of aromatic nitrogens is 2. The van der Waals surface area contributed by atoms with Crippen LogP contribution in [-0.2, 0) is 4.74 Å². The Morgan fingerprint density at radius 2 is 2.00 bits per heavy atom. The van der Waals surface area contributed by atoms with Gasteiger partial charge in [0.25, 0.3) is 0 Å². The minimum Gasteiger partial charge on any atom is -0.494 e. The summed E-state index contributed by atoms with van der Waals surface area (Å²) in [5, 5.41) is -0.127. The molecule has 148 valence electrons. The van der Waals surface area contributed by atoms with Gasteiger partial charge in [0.2, 0.25) is 5.69 Å². The van der Waals surface area contributed by atoms with Crippen molar-refractivity contribution in [1.29, 1.82) is 0 Å². The number of methoxy groups -OCH3 is 1. The highest BCUT2D eigenvalue weighted by Crippen LogP contribution is 2.33. The molecule has 0 atom stereocenters. The van der Waals surface area contributed by atoms with Crippen molar-refractivity contribution in [2.75, 3.05) is 13.7 Å². The number of esters is 1. The molecule has 3 aromatic rings. The lowest BCUT2D eigenvalue weighted by molar-refractivity contribution is 0.0520. The predicted octanol–water partition coefficient (Wildman–Crippen LogP) is 5.21. The van der Waals surface area contributed by atoms with Gasteiger partial charge in [-0.3, -0.25) is 4.57 Å². The summed E-state index contributed by atoms with van der Waals surface area (Å²) in [5.74, 6) is -2.10. The van der Waals surface area contributed by atoms with Gasteiger partial charge in [-0.2, -0.15) is 0 Å². The van der Waals surface area contributed by atoms with Gasteiger partial charge in [-0.15, -0.1) is 0 Å². The van der Waals surface area contributed by atoms with Crippen LogP contribution in [0.1, 0.15) is 17.4 Å². The fourth-order valence-corrected chi connectivity index (χ4v) is 2.99. The van der Waals surface area contributed by atoms with Gasteiger partial charge in [0.05, 0.1) is 26.0 Å². The highest BCUT2D eigenvalue weighted by Gasteiger charge is 2.25. The van der Waals surface area contributed by atoms with Gasteiger partial charge in [0, 0.05) is 11.6 Å². The van der Waals surface area contributed by atoms with Crippen LogP contribution in [-0.4, -0.2) is 29.2 Å². The first kappa shape index (κ1) is 20.3. The van der Waals surface area contributed by atoms with E-state index in [1.165, 1.54) is 35.9 Å². The third-order valence-corrected chi connectivity index (χ3v) is 4.36. The maximum atomic E-state index is 14.3. The Bertz CT molecular complexity index is 1140. The zero-order chi connectivity index (χ0) is 21.1. The number of rotatable bonds is 5. The topological polar surface area (TPSA) is 57.7 Å². The first-order chi connectivity index (χ1) is 13.9. The quantitative estimate of drug-likeness (QED) is 0.422. The van der Waals surface area contributed by atoms with Crippen molar-refractivity contribution in [2.24, 2.45) is 0 Å². The number of halogens is 3. The molecule has 1 heterocycles. The molecule has 1 aromatic heterocycles. The molecule has 0 spiro atoms. The van der Waals surface area contributed by atoms with Gasteiger partial charge in [0.1, 0.15) is 16.8 Å². The van der Waals surface area contributed by atoms with Gasteiger partial charge in [0.15, 0.2) is 17.3 Å². The van der Waals surface area contributed by atoms with Crippen LogP contribution in [0.15, 0.2) is 36.4 Å². The van der Waals surface area contributed by atoms with E-state index >= 15 is 0 Å². The summed E-state index contributed by atoms with van der Waals surface area (Å²) < 4.78 is 39.6. The van der Waals surface area contributed by atoms with Gasteiger partial charge in [-0.25, -0.2) is 23.4 Å². The molecule has 2 aromatic carbocycles. The Hall–Kier alpha value is -3.44. The van der Waals surface area contributed by atoms with Crippen molar-refractivity contribution in [2.45, 2.75) is 6.92 Å². The molecule has 3 rings (SSSR count). The van der Waals surface area contributed by atoms with Crippen LogP contribution in [0, 0.1) is 18.2 Å². The molecule has 0 amide bonds. The Morgan fingerprint density at radius 1 is 1.24 bits per heavy atom. The fraction of sp³-hybridized carbons (Fsp3) is 0.150. The zero-order valence-corrected chi connectivity index (χ0v) is 16.1. The van der Waals surface area contributed by atoms with Crippen LogP contribution < -0.4 is 4.74 Å². The number of carbonyl (C=O) groups excluding carboxylic acids is 1. The zero-order valence-electron chi connectivity index (χ0n) is 15.4. The fourth-order valence-electron chi connectivity index (χ4n) is 2.69. The maximum Gasteiger partial charge on any atom is 0.360 e. The van der Waals surface area contributed by atoms with Gasteiger partial charge in [-0.1, -0.05) is 23.7 Å². The summed E-state index contributed by atoms with van der Waals surface area (Å²) in [5.41, 5.74) is 0.109. The van der Waals surface area contributed by atoms with Crippen LogP contribution in [0.4, 0.5) is 14.5 Å². The summed E-state index contributed by atoms with van der Waals surface area (Å²) in [4.78, 5) is 19.5. The number of carbonyl (C=O) groups is 1. The number of hydrogen-bond acceptors (Lipinski definition) is 4. The number of nitrogens with zero attached hydrogens (tertiary/aromatic N) is 3. The van der Waals surface area contributed by atoms with E-state index in [4.69, 9.17) is 27.6 Å². The van der Waals surface area contributed by atoms with Crippen LogP contribution in [0.25, 0.3) is 21.9 Å². The molecule has 9 heteroatoms. The highest BCUT2D eigenvalue weighted by atomic mass is 35.5. The molecule has 0 aliphatic rings. The predicted molar refractivity (Wildman–Crippen MR) is 103 cm³/mol. The van der Waals surface area contributed by atoms with Crippen LogP contribution in [0.2, 0.25) is 5.15 Å². The highest BCUT2D eigenvalue weighted by molar-refractivity contribution is 6.32. The molecular formula is C20H14ClF2N3O3. The molecular weight excluding hydrogens is 404 g/mol. The standard InChI is InChI=1S/C20H14ClF2N3O3/c1-4-29-20(27)17-18(21)26(12-6-8-16(28-3)14(23)10-12)19(25-17)11-5-7-15(24-2)13(22)9-11/h5-10H,4H2,1,3H3. The van der Waals surface area contributed by atoms with E-state index in [1.54, 1.807) is 6.92 Å². The van der Waals surface area contributed by atoms with E-state index in [9.17, 15) is 13.6 Å². The molecule has 0 saturated heterocycles. The third-order valence-electron chi connectivity index (χ3n) is 4.01. The molecule has 0 aliphatic heterocycles. The van der Waals surface area contributed by atoms with Crippen molar-refractivity contribution < 1.29 is 23.0 Å². The first-order valence-electron chi connectivity index (χ1n) is 8.37. The second-order valence-corrected chi connectivity index (χ2v) is 6.09. The third kappa shape index (κ3) is 3.77. The summed E-state index contributed by atoms with van der Waals surface area (Å²) in [6.07, 6.45) is 0. The van der Waals surface area contributed by atoms with Crippen LogP contribution >= 0.6 is 11.6 Å². The second-order valence-electron chi connectivity index (χ2n) is 5.73. The van der Waals surface area contributed by atoms with Gasteiger partial charge >= 0.3 is 5.97 Å². The molecule has 0 aliphatic carbocycles. The largest absolute Gasteiger partial charge is 0.494 e. The van der Waals surface area contributed by atoms with Gasteiger partial charge in [-0.05, 0) is 25.1 Å². The SMILES string of the molecule is [C-]#[N+]c1ccc(-c2nc(C(=O)OCC)c(Cl)n2-c2ccc(OC)c(F)c2)cc1F. The minimum absolute atomic E-state index is 0.0182. The number of benzene rings is 2. The van der Waals surface area contributed by atoms with Crippen LogP contribution in [0.3, 0.4) is 0 Å². The van der Waals surface area contributed by atoms with Crippen molar-refractivity contribution in [3.8, 4) is 22.8 Å². The summed E-state index contributed by atoms with van der Waals surface area (Å²) in [6.45, 7) is 8.69. The van der Waals surface area contributed by atoms with Crippen LogP contribution in [0.5, 0.6) is 5.75 Å². The average molecular weight is 418 g/mol. The van der Waals surface area contributed by atoms with E-state index in [-0.39, 0.29) is 46.0 Å². The minimum atomic E-state index is -0.773. The summed E-state index contributed by atoms with van der Waals surface area (Å²) in [6, 6.07) is 7.88. The number of hydrogen-bond donors (Lipinski definition) is 0. The summed E-state index contributed by atoms with van der Waals surface area (Å²) >= 11 is 6.37. The van der Waals surface area contributed by atoms with E-state index in [1.807, 2.05) is 0 Å². The summed E-state index contributed by atoms with van der Waals surface area (Å²) in [7, 11) is 1.33. The second kappa shape index (κ2) is 8.29. The van der Waals surface area contributed by atoms with Crippen molar-refractivity contribution >= 4 is 23.3 Å². The Balaban J connectivity index is 2.26. The van der Waals surface area contributed by atoms with Crippen molar-refractivity contribution in [3.63, 3.8) is 0 Å². The first-order valence-corrected chi connectivity index (χ1v) is 8.75. The lowest BCUT2D eigenvalue weighted by atomic mass is 10.1. The average Bonchev–Trinajstić information content (AvgIpc) is 3.05. The van der Waals surface area contributed by atoms with Crippen molar-refractivity contribution in [3.05, 3.63) is 70.3 Å². The molecule has 0 unspecified atom stereocenters. The van der Waals surface area contributed by atoms with Crippen molar-refractivity contribution in [1.82, 2.24) is 9.55 Å². The number of ether oxygens (including phenoxy) is 2. The molecule has 0 saturated carbocycles. The molecule has 0 fully saturated rings. The maximum absolute atomic E-state index is 14.3. The normalized spacial score (nSPS) is 10.5. The molecule has 29 heavy (non-hydrogen) atoms. The number of imidazole rings is 1. The van der Waals surface area contributed by atoms with E-state index in [0.717, 1.165) is 12.1 Å². The van der Waals surface area contributed by atoms with E-state index in [2.05, 4.69) is 9.83 Å². The lowest BCUT2D eigenvalue weighted by Crippen LogP contribution is -2.06. The molecule has 6 nitrogen and oxygen atoms in total. The Labute approximate surface area is 170 Å². The molecule has 0 bridgehead atoms. The van der Waals surface area contributed by atoms with E-state index in [0.29, 0.717) is 0 Å². The van der Waals surface area contributed by atoms with Gasteiger partial charge < -0.3 is 9.47 Å². The lowest BCUT2D eigenvalue weighted by Gasteiger charge is -2.11. The van der Waals surface area contributed by atoms with E-state index < -0.39 is 17.6 Å². The molecule has 0 N–H and O–H groups in total. The Kier molecular flexibility index (Phi) is 5.80. The molecule has 0 radical (unpaired) electrons.